The van der Waals surface area contributed by atoms with E-state index in [0.29, 0.717) is 25.9 Å². The maximum atomic E-state index is 12.5. The first kappa shape index (κ1) is 77.6. The van der Waals surface area contributed by atoms with Crippen molar-refractivity contribution in [2.75, 3.05) is 13.2 Å². The molecule has 470 valence electrons. The third-order valence-electron chi connectivity index (χ3n) is 17.3. The Morgan fingerprint density at radius 1 is 0.342 bits per heavy atom. The summed E-state index contributed by atoms with van der Waals surface area (Å²) in [5, 5.41) is 23.3. The predicted molar refractivity (Wildman–Crippen MR) is 347 cm³/mol. The lowest BCUT2D eigenvalue weighted by molar-refractivity contribution is -0.143. The van der Waals surface area contributed by atoms with Crippen molar-refractivity contribution in [3.05, 3.63) is 12.2 Å². The summed E-state index contributed by atoms with van der Waals surface area (Å²) in [4.78, 5) is 24.6. The molecule has 6 heteroatoms. The molecule has 3 N–H and O–H groups in total. The van der Waals surface area contributed by atoms with Crippen molar-refractivity contribution in [2.24, 2.45) is 0 Å². The number of allylic oxidation sites excluding steroid dienone is 2. The van der Waals surface area contributed by atoms with Crippen molar-refractivity contribution >= 4 is 11.9 Å². The Morgan fingerprint density at radius 3 is 0.899 bits per heavy atom. The van der Waals surface area contributed by atoms with E-state index in [9.17, 15) is 19.8 Å². The monoisotopic (exact) mass is 1110 g/mol. The molecule has 0 saturated carbocycles. The predicted octanol–water partition coefficient (Wildman–Crippen LogP) is 23.5. The van der Waals surface area contributed by atoms with Crippen LogP contribution in [0.15, 0.2) is 12.2 Å². The fourth-order valence-corrected chi connectivity index (χ4v) is 11.8. The van der Waals surface area contributed by atoms with Crippen LogP contribution in [-0.4, -0.2) is 47.4 Å². The van der Waals surface area contributed by atoms with Crippen LogP contribution in [0.2, 0.25) is 0 Å². The summed E-state index contributed by atoms with van der Waals surface area (Å²) >= 11 is 0. The van der Waals surface area contributed by atoms with Crippen molar-refractivity contribution in [1.82, 2.24) is 5.32 Å². The second-order valence-corrected chi connectivity index (χ2v) is 25.3. The van der Waals surface area contributed by atoms with Gasteiger partial charge < -0.3 is 20.3 Å². The van der Waals surface area contributed by atoms with E-state index >= 15 is 0 Å². The van der Waals surface area contributed by atoms with E-state index in [2.05, 4.69) is 31.3 Å². The van der Waals surface area contributed by atoms with Gasteiger partial charge in [0.25, 0.3) is 0 Å². The average Bonchev–Trinajstić information content (AvgIpc) is 3.45. The highest BCUT2D eigenvalue weighted by Crippen LogP contribution is 2.19. The number of aliphatic hydroxyl groups excluding tert-OH is 2. The lowest BCUT2D eigenvalue weighted by Crippen LogP contribution is -2.45. The fourth-order valence-electron chi connectivity index (χ4n) is 11.8. The SMILES string of the molecule is CCCCCCCCCCCCCCCCCCCCC(=O)OCCCCCCCCCCCCCC/C=C\CCCCCCCCCCCCCCCCCCC(=O)NC(CO)C(O)CCCCCCCCCCCCCC. The normalized spacial score (nSPS) is 12.5. The molecule has 0 aromatic rings. The first-order chi connectivity index (χ1) is 39.0. The zero-order valence-electron chi connectivity index (χ0n) is 53.9. The number of aliphatic hydroxyl groups is 2. The highest BCUT2D eigenvalue weighted by molar-refractivity contribution is 5.76. The maximum absolute atomic E-state index is 12.5. The maximum Gasteiger partial charge on any atom is 0.305 e. The molecule has 2 atom stereocenters. The highest BCUT2D eigenvalue weighted by Gasteiger charge is 2.20. The van der Waals surface area contributed by atoms with Crippen molar-refractivity contribution in [3.63, 3.8) is 0 Å². The Hall–Kier alpha value is -1.40. The summed E-state index contributed by atoms with van der Waals surface area (Å²) in [6.45, 7) is 4.99. The van der Waals surface area contributed by atoms with Gasteiger partial charge in [-0.05, 0) is 51.4 Å². The lowest BCUT2D eigenvalue weighted by Gasteiger charge is -2.22. The van der Waals surface area contributed by atoms with Gasteiger partial charge in [-0.15, -0.1) is 0 Å². The van der Waals surface area contributed by atoms with E-state index in [1.807, 2.05) is 0 Å². The molecule has 0 spiro atoms. The molecule has 0 bridgehead atoms. The average molecular weight is 1110 g/mol. The van der Waals surface area contributed by atoms with Crippen molar-refractivity contribution in [3.8, 4) is 0 Å². The van der Waals surface area contributed by atoms with E-state index in [0.717, 1.165) is 38.5 Å². The highest BCUT2D eigenvalue weighted by atomic mass is 16.5. The lowest BCUT2D eigenvalue weighted by atomic mass is 10.0. The van der Waals surface area contributed by atoms with Crippen LogP contribution in [-0.2, 0) is 14.3 Å². The van der Waals surface area contributed by atoms with Gasteiger partial charge in [-0.2, -0.15) is 0 Å². The quantitative estimate of drug-likeness (QED) is 0.0320. The first-order valence-corrected chi connectivity index (χ1v) is 36.4. The van der Waals surface area contributed by atoms with Gasteiger partial charge in [-0.25, -0.2) is 0 Å². The van der Waals surface area contributed by atoms with Gasteiger partial charge in [-0.1, -0.05) is 366 Å². The summed E-state index contributed by atoms with van der Waals surface area (Å²) in [6, 6.07) is -0.538. The van der Waals surface area contributed by atoms with Gasteiger partial charge in [0.05, 0.1) is 25.4 Å². The molecule has 2 unspecified atom stereocenters. The summed E-state index contributed by atoms with van der Waals surface area (Å²) in [6.07, 6.45) is 85.7. The zero-order valence-corrected chi connectivity index (χ0v) is 53.9. The van der Waals surface area contributed by atoms with Crippen molar-refractivity contribution in [1.29, 1.82) is 0 Å². The number of nitrogens with one attached hydrogen (secondary N) is 1. The molecular weight excluding hydrogens is 971 g/mol. The number of carbonyl (C=O) groups is 2. The summed E-state index contributed by atoms with van der Waals surface area (Å²) in [5.74, 6) is -0.00677. The minimum Gasteiger partial charge on any atom is -0.466 e. The van der Waals surface area contributed by atoms with E-state index in [4.69, 9.17) is 4.74 Å². The molecule has 0 rings (SSSR count). The van der Waals surface area contributed by atoms with Crippen LogP contribution in [0.4, 0.5) is 0 Å². The Bertz CT molecular complexity index is 1190. The minimum atomic E-state index is -0.660. The second-order valence-electron chi connectivity index (χ2n) is 25.3. The van der Waals surface area contributed by atoms with Crippen LogP contribution in [0.5, 0.6) is 0 Å². The molecule has 0 radical (unpaired) electrons. The molecule has 0 heterocycles. The molecular formula is C73H143NO5. The smallest absolute Gasteiger partial charge is 0.305 e. The molecule has 0 aliphatic heterocycles. The van der Waals surface area contributed by atoms with E-state index in [-0.39, 0.29) is 18.5 Å². The number of hydrogen-bond donors (Lipinski definition) is 3. The summed E-state index contributed by atoms with van der Waals surface area (Å²) in [7, 11) is 0. The van der Waals surface area contributed by atoms with Crippen LogP contribution in [0.25, 0.3) is 0 Å². The van der Waals surface area contributed by atoms with Crippen molar-refractivity contribution < 1.29 is 24.5 Å². The molecule has 79 heavy (non-hydrogen) atoms. The van der Waals surface area contributed by atoms with Crippen LogP contribution in [0, 0.1) is 0 Å². The molecule has 0 saturated heterocycles. The third-order valence-corrected chi connectivity index (χ3v) is 17.3. The van der Waals surface area contributed by atoms with Crippen LogP contribution >= 0.6 is 0 Å². The Balaban J connectivity index is 3.31. The zero-order chi connectivity index (χ0) is 57.1. The van der Waals surface area contributed by atoms with Gasteiger partial charge in [0, 0.05) is 12.8 Å². The van der Waals surface area contributed by atoms with Gasteiger partial charge in [-0.3, -0.25) is 9.59 Å². The van der Waals surface area contributed by atoms with Gasteiger partial charge in [0.15, 0.2) is 0 Å². The van der Waals surface area contributed by atoms with Gasteiger partial charge >= 0.3 is 5.97 Å². The standard InChI is InChI=1S/C73H143NO5/c1-3-5-7-9-11-13-15-17-18-19-37-40-43-47-51-55-59-63-67-73(78)79-68-64-60-56-52-48-44-41-38-35-33-31-29-27-25-23-21-20-22-24-26-28-30-32-34-36-39-42-46-50-54-58-62-66-72(77)74-70(69-75)71(76)65-61-57-53-49-45-16-14-12-10-8-6-4-2/h23,25,70-71,75-76H,3-22,24,26-69H2,1-2H3,(H,74,77)/b25-23-. The number of hydrogen-bond acceptors (Lipinski definition) is 5. The van der Waals surface area contributed by atoms with E-state index in [1.54, 1.807) is 0 Å². The Morgan fingerprint density at radius 2 is 0.595 bits per heavy atom. The molecule has 0 aromatic carbocycles. The van der Waals surface area contributed by atoms with Crippen LogP contribution in [0.1, 0.15) is 418 Å². The molecule has 0 aliphatic carbocycles. The number of esters is 1. The number of rotatable bonds is 69. The minimum absolute atomic E-state index is 0.0236. The van der Waals surface area contributed by atoms with Gasteiger partial charge in [0.1, 0.15) is 0 Å². The number of carbonyl (C=O) groups excluding carboxylic acids is 2. The molecule has 0 aliphatic rings. The third kappa shape index (κ3) is 65.6. The molecule has 0 aromatic heterocycles. The number of ether oxygens (including phenoxy) is 1. The second kappa shape index (κ2) is 69.1. The van der Waals surface area contributed by atoms with Crippen LogP contribution in [0.3, 0.4) is 0 Å². The first-order valence-electron chi connectivity index (χ1n) is 36.4. The number of amides is 1. The van der Waals surface area contributed by atoms with Crippen LogP contribution < -0.4 is 5.32 Å². The number of unbranched alkanes of at least 4 members (excludes halogenated alkanes) is 56. The van der Waals surface area contributed by atoms with Gasteiger partial charge in [0.2, 0.25) is 5.91 Å². The summed E-state index contributed by atoms with van der Waals surface area (Å²) < 4.78 is 5.51. The topological polar surface area (TPSA) is 95.9 Å². The fraction of sp³-hybridized carbons (Fsp3) is 0.945. The van der Waals surface area contributed by atoms with E-state index in [1.165, 1.54) is 347 Å². The van der Waals surface area contributed by atoms with E-state index < -0.39 is 12.1 Å². The largest absolute Gasteiger partial charge is 0.466 e. The molecule has 0 fully saturated rings. The molecule has 1 amide bonds. The molecule has 6 nitrogen and oxygen atoms in total. The Kier molecular flexibility index (Phi) is 67.9. The summed E-state index contributed by atoms with van der Waals surface area (Å²) in [5.41, 5.74) is 0. The Labute approximate surface area is 495 Å². The van der Waals surface area contributed by atoms with Crippen molar-refractivity contribution in [2.45, 2.75) is 431 Å².